The Morgan fingerprint density at radius 1 is 1.32 bits per heavy atom. The van der Waals surface area contributed by atoms with Crippen LogP contribution in [-0.2, 0) is 6.42 Å². The normalized spacial score (nSPS) is 12.5. The van der Waals surface area contributed by atoms with E-state index in [-0.39, 0.29) is 6.42 Å². The molecule has 0 saturated heterocycles. The van der Waals surface area contributed by atoms with Crippen molar-refractivity contribution < 1.29 is 9.50 Å². The van der Waals surface area contributed by atoms with Crippen LogP contribution in [0.25, 0.3) is 0 Å². The van der Waals surface area contributed by atoms with Crippen LogP contribution in [0.3, 0.4) is 0 Å². The average molecular weight is 344 g/mol. The largest absolute Gasteiger partial charge is 0.388 e. The van der Waals surface area contributed by atoms with Gasteiger partial charge in [0.05, 0.1) is 6.10 Å². The van der Waals surface area contributed by atoms with Crippen molar-refractivity contribution in [3.63, 3.8) is 0 Å². The highest BCUT2D eigenvalue weighted by molar-refractivity contribution is 9.10. The van der Waals surface area contributed by atoms with Crippen LogP contribution in [0.4, 0.5) is 4.39 Å². The van der Waals surface area contributed by atoms with E-state index in [2.05, 4.69) is 15.9 Å². The summed E-state index contributed by atoms with van der Waals surface area (Å²) in [6.07, 6.45) is -0.656. The summed E-state index contributed by atoms with van der Waals surface area (Å²) in [5, 5.41) is 10.6. The summed E-state index contributed by atoms with van der Waals surface area (Å²) in [5.41, 5.74) is 2.15. The molecular formula is C15H13BrClFO. The Hall–Kier alpha value is -0.900. The lowest BCUT2D eigenvalue weighted by Gasteiger charge is -2.15. The van der Waals surface area contributed by atoms with Crippen LogP contribution in [0.5, 0.6) is 0 Å². The first-order valence-corrected chi connectivity index (χ1v) is 7.03. The van der Waals surface area contributed by atoms with Crippen LogP contribution in [0, 0.1) is 12.7 Å². The summed E-state index contributed by atoms with van der Waals surface area (Å²) >= 11 is 9.37. The van der Waals surface area contributed by atoms with Crippen molar-refractivity contribution in [2.45, 2.75) is 19.4 Å². The van der Waals surface area contributed by atoms with E-state index in [0.717, 1.165) is 15.6 Å². The quantitative estimate of drug-likeness (QED) is 0.846. The van der Waals surface area contributed by atoms with Gasteiger partial charge in [0.15, 0.2) is 0 Å². The topological polar surface area (TPSA) is 20.2 Å². The SMILES string of the molecule is Cc1ccc(C(O)Cc2c(F)cccc2Cl)c(Br)c1. The third kappa shape index (κ3) is 3.35. The lowest BCUT2D eigenvalue weighted by molar-refractivity contribution is 0.176. The molecular weight excluding hydrogens is 331 g/mol. The van der Waals surface area contributed by atoms with Crippen LogP contribution in [0.1, 0.15) is 22.8 Å². The fraction of sp³-hybridized carbons (Fsp3) is 0.200. The summed E-state index contributed by atoms with van der Waals surface area (Å²) in [6.45, 7) is 1.97. The molecule has 100 valence electrons. The van der Waals surface area contributed by atoms with Gasteiger partial charge in [-0.2, -0.15) is 0 Å². The van der Waals surface area contributed by atoms with Gasteiger partial charge in [-0.1, -0.05) is 45.7 Å². The average Bonchev–Trinajstić information content (AvgIpc) is 2.33. The van der Waals surface area contributed by atoms with Crippen molar-refractivity contribution in [1.29, 1.82) is 0 Å². The highest BCUT2D eigenvalue weighted by Crippen LogP contribution is 2.30. The molecule has 1 atom stereocenters. The number of aliphatic hydroxyl groups is 1. The number of aryl methyl sites for hydroxylation is 1. The van der Waals surface area contributed by atoms with E-state index in [1.165, 1.54) is 6.07 Å². The van der Waals surface area contributed by atoms with Crippen molar-refractivity contribution in [2.75, 3.05) is 0 Å². The minimum atomic E-state index is -0.802. The molecule has 4 heteroatoms. The van der Waals surface area contributed by atoms with Crippen LogP contribution in [-0.4, -0.2) is 5.11 Å². The Kier molecular flexibility index (Phi) is 4.61. The molecule has 2 aromatic rings. The first-order chi connectivity index (χ1) is 8.99. The molecule has 2 aromatic carbocycles. The van der Waals surface area contributed by atoms with Crippen molar-refractivity contribution in [1.82, 2.24) is 0 Å². The minimum Gasteiger partial charge on any atom is -0.388 e. The van der Waals surface area contributed by atoms with Gasteiger partial charge in [0, 0.05) is 21.5 Å². The molecule has 0 saturated carbocycles. The fourth-order valence-electron chi connectivity index (χ4n) is 1.93. The second kappa shape index (κ2) is 6.04. The maximum atomic E-state index is 13.7. The summed E-state index contributed by atoms with van der Waals surface area (Å²) in [4.78, 5) is 0. The number of hydrogen-bond acceptors (Lipinski definition) is 1. The van der Waals surface area contributed by atoms with E-state index in [1.807, 2.05) is 25.1 Å². The van der Waals surface area contributed by atoms with Crippen molar-refractivity contribution in [2.24, 2.45) is 0 Å². The summed E-state index contributed by atoms with van der Waals surface area (Å²) in [7, 11) is 0. The Morgan fingerprint density at radius 3 is 2.68 bits per heavy atom. The van der Waals surface area contributed by atoms with Crippen LogP contribution < -0.4 is 0 Å². The minimum absolute atomic E-state index is 0.146. The Balaban J connectivity index is 2.28. The van der Waals surface area contributed by atoms with Gasteiger partial charge in [0.25, 0.3) is 0 Å². The molecule has 0 radical (unpaired) electrons. The van der Waals surface area contributed by atoms with Crippen LogP contribution in [0.15, 0.2) is 40.9 Å². The number of rotatable bonds is 3. The zero-order valence-corrected chi connectivity index (χ0v) is 12.7. The first-order valence-electron chi connectivity index (χ1n) is 5.86. The van der Waals surface area contributed by atoms with E-state index in [1.54, 1.807) is 12.1 Å². The molecule has 0 bridgehead atoms. The predicted octanol–water partition coefficient (Wildman–Crippen LogP) is 4.83. The highest BCUT2D eigenvalue weighted by Gasteiger charge is 2.16. The first kappa shape index (κ1) is 14.5. The molecule has 0 aliphatic carbocycles. The summed E-state index contributed by atoms with van der Waals surface area (Å²) < 4.78 is 14.5. The number of hydrogen-bond donors (Lipinski definition) is 1. The van der Waals surface area contributed by atoms with E-state index in [0.29, 0.717) is 10.6 Å². The van der Waals surface area contributed by atoms with Crippen LogP contribution >= 0.6 is 27.5 Å². The third-order valence-corrected chi connectivity index (χ3v) is 4.01. The zero-order chi connectivity index (χ0) is 14.0. The van der Waals surface area contributed by atoms with Crippen molar-refractivity contribution in [3.8, 4) is 0 Å². The standard InChI is InChI=1S/C15H13BrClFO/c1-9-5-6-10(12(16)7-9)15(19)8-11-13(17)3-2-4-14(11)18/h2-7,15,19H,8H2,1H3. The number of aliphatic hydroxyl groups excluding tert-OH is 1. The molecule has 0 spiro atoms. The second-order valence-corrected chi connectivity index (χ2v) is 5.71. The van der Waals surface area contributed by atoms with E-state index in [4.69, 9.17) is 11.6 Å². The van der Waals surface area contributed by atoms with Gasteiger partial charge in [0.2, 0.25) is 0 Å². The van der Waals surface area contributed by atoms with E-state index < -0.39 is 11.9 Å². The lowest BCUT2D eigenvalue weighted by Crippen LogP contribution is -2.05. The Bertz CT molecular complexity index is 580. The molecule has 19 heavy (non-hydrogen) atoms. The molecule has 0 aliphatic rings. The van der Waals surface area contributed by atoms with Gasteiger partial charge in [-0.3, -0.25) is 0 Å². The lowest BCUT2D eigenvalue weighted by atomic mass is 10.00. The highest BCUT2D eigenvalue weighted by atomic mass is 79.9. The van der Waals surface area contributed by atoms with Gasteiger partial charge in [0.1, 0.15) is 5.82 Å². The molecule has 2 rings (SSSR count). The maximum absolute atomic E-state index is 13.7. The van der Waals surface area contributed by atoms with Crippen molar-refractivity contribution >= 4 is 27.5 Å². The second-order valence-electron chi connectivity index (χ2n) is 4.45. The number of benzene rings is 2. The van der Waals surface area contributed by atoms with Gasteiger partial charge >= 0.3 is 0 Å². The van der Waals surface area contributed by atoms with E-state index in [9.17, 15) is 9.50 Å². The molecule has 1 unspecified atom stereocenters. The maximum Gasteiger partial charge on any atom is 0.127 e. The zero-order valence-electron chi connectivity index (χ0n) is 10.3. The van der Waals surface area contributed by atoms with Gasteiger partial charge in [-0.15, -0.1) is 0 Å². The van der Waals surface area contributed by atoms with Gasteiger partial charge in [-0.05, 0) is 36.2 Å². The predicted molar refractivity (Wildman–Crippen MR) is 79.0 cm³/mol. The molecule has 0 fully saturated rings. The monoisotopic (exact) mass is 342 g/mol. The Morgan fingerprint density at radius 2 is 2.05 bits per heavy atom. The smallest absolute Gasteiger partial charge is 0.127 e. The fourth-order valence-corrected chi connectivity index (χ4v) is 2.93. The van der Waals surface area contributed by atoms with Gasteiger partial charge in [-0.25, -0.2) is 4.39 Å². The number of halogens is 3. The summed E-state index contributed by atoms with van der Waals surface area (Å²) in [6, 6.07) is 10.2. The van der Waals surface area contributed by atoms with Gasteiger partial charge < -0.3 is 5.11 Å². The van der Waals surface area contributed by atoms with Crippen LogP contribution in [0.2, 0.25) is 5.02 Å². The molecule has 0 aromatic heterocycles. The molecule has 0 heterocycles. The molecule has 1 N–H and O–H groups in total. The third-order valence-electron chi connectivity index (χ3n) is 2.97. The molecule has 1 nitrogen and oxygen atoms in total. The van der Waals surface area contributed by atoms with Crippen molar-refractivity contribution in [3.05, 3.63) is 68.4 Å². The summed E-state index contributed by atoms with van der Waals surface area (Å²) in [5.74, 6) is -0.394. The van der Waals surface area contributed by atoms with E-state index >= 15 is 0 Å². The Labute approximate surface area is 125 Å². The molecule has 0 amide bonds. The molecule has 0 aliphatic heterocycles.